The van der Waals surface area contributed by atoms with E-state index in [1.807, 2.05) is 27.7 Å². The summed E-state index contributed by atoms with van der Waals surface area (Å²) in [5.74, 6) is -1.55. The number of nitrogens with zero attached hydrogens (tertiary/aromatic N) is 2. The van der Waals surface area contributed by atoms with E-state index in [1.165, 1.54) is 50.0 Å². The number of methoxy groups -OCH3 is 1. The molecule has 2 aromatic rings. The highest BCUT2D eigenvalue weighted by Gasteiger charge is 2.54. The Morgan fingerprint density at radius 1 is 1.08 bits per heavy atom. The number of aromatic nitrogens is 2. The molecule has 194 valence electrons. The summed E-state index contributed by atoms with van der Waals surface area (Å²) in [5, 5.41) is 5.53. The highest BCUT2D eigenvalue weighted by Crippen LogP contribution is 2.37. The number of ether oxygens (including phenoxy) is 2. The van der Waals surface area contributed by atoms with Crippen LogP contribution in [0.15, 0.2) is 42.9 Å². The molecule has 1 aromatic heterocycles. The molecule has 1 fully saturated rings. The summed E-state index contributed by atoms with van der Waals surface area (Å²) < 4.78 is 36.4. The number of benzene rings is 1. The molecule has 0 saturated carbocycles. The lowest BCUT2D eigenvalue weighted by Gasteiger charge is -2.32. The Kier molecular flexibility index (Phi) is 8.99. The maximum atomic E-state index is 13.2. The molecule has 0 unspecified atom stereocenters. The van der Waals surface area contributed by atoms with Gasteiger partial charge in [-0.1, -0.05) is 0 Å². The first-order valence-electron chi connectivity index (χ1n) is 11.6. The summed E-state index contributed by atoms with van der Waals surface area (Å²) in [6.45, 7) is 7.78. The number of nitrogens with one attached hydrogen (secondary N) is 2. The van der Waals surface area contributed by atoms with E-state index >= 15 is 0 Å². The fourth-order valence-electron chi connectivity index (χ4n) is 3.45. The van der Waals surface area contributed by atoms with Crippen LogP contribution in [0.1, 0.15) is 44.6 Å². The molecule has 1 saturated heterocycles. The van der Waals surface area contributed by atoms with Gasteiger partial charge in [0.15, 0.2) is 0 Å². The maximum absolute atomic E-state index is 13.2. The Morgan fingerprint density at radius 2 is 1.75 bits per heavy atom. The molecule has 2 N–H and O–H groups in total. The molecule has 2 atom stereocenters. The van der Waals surface area contributed by atoms with Crippen LogP contribution in [0, 0.1) is 5.82 Å². The summed E-state index contributed by atoms with van der Waals surface area (Å²) in [4.78, 5) is 33.6. The molecule has 1 aliphatic heterocycles. The quantitative estimate of drug-likeness (QED) is 0.448. The monoisotopic (exact) mass is 502 g/mol. The first-order chi connectivity index (χ1) is 17.0. The molecule has 2 amide bonds. The average molecular weight is 502 g/mol. The molecular formula is C24H32BFN4O6. The number of hydrogen-bond acceptors (Lipinski definition) is 8. The Bertz CT molecular complexity index is 1010. The van der Waals surface area contributed by atoms with E-state index in [0.717, 1.165) is 0 Å². The largest absolute Gasteiger partial charge is 0.494 e. The van der Waals surface area contributed by atoms with Gasteiger partial charge in [0.2, 0.25) is 5.91 Å². The van der Waals surface area contributed by atoms with Crippen LogP contribution in [0.2, 0.25) is 0 Å². The van der Waals surface area contributed by atoms with Crippen LogP contribution < -0.4 is 15.4 Å². The van der Waals surface area contributed by atoms with E-state index in [0.29, 0.717) is 12.2 Å². The van der Waals surface area contributed by atoms with Crippen LogP contribution in [0.25, 0.3) is 0 Å². The molecule has 0 radical (unpaired) electrons. The summed E-state index contributed by atoms with van der Waals surface area (Å²) in [5.41, 5.74) is -1.17. The molecule has 3 rings (SSSR count). The van der Waals surface area contributed by atoms with Gasteiger partial charge in [-0.2, -0.15) is 0 Å². The Hall–Kier alpha value is -3.09. The van der Waals surface area contributed by atoms with Gasteiger partial charge < -0.3 is 29.4 Å². The molecule has 0 aliphatic carbocycles. The first-order valence-corrected chi connectivity index (χ1v) is 11.6. The van der Waals surface area contributed by atoms with Gasteiger partial charge in [0.1, 0.15) is 23.3 Å². The first kappa shape index (κ1) is 27.5. The molecule has 36 heavy (non-hydrogen) atoms. The van der Waals surface area contributed by atoms with Crippen LogP contribution in [-0.4, -0.2) is 72.4 Å². The Labute approximate surface area is 210 Å². The number of amides is 2. The number of halogens is 1. The van der Waals surface area contributed by atoms with E-state index in [9.17, 15) is 14.0 Å². The van der Waals surface area contributed by atoms with E-state index < -0.39 is 42.1 Å². The van der Waals surface area contributed by atoms with Crippen molar-refractivity contribution < 1.29 is 32.8 Å². The molecule has 2 heterocycles. The van der Waals surface area contributed by atoms with Gasteiger partial charge in [0.05, 0.1) is 36.6 Å². The van der Waals surface area contributed by atoms with E-state index in [4.69, 9.17) is 18.8 Å². The number of hydrogen-bond donors (Lipinski definition) is 2. The van der Waals surface area contributed by atoms with Crippen molar-refractivity contribution in [1.82, 2.24) is 20.6 Å². The van der Waals surface area contributed by atoms with Crippen molar-refractivity contribution in [2.24, 2.45) is 0 Å². The highest BCUT2D eigenvalue weighted by molar-refractivity contribution is 6.48. The molecule has 1 aliphatic rings. The van der Waals surface area contributed by atoms with E-state index in [2.05, 4.69) is 20.6 Å². The second kappa shape index (κ2) is 11.8. The summed E-state index contributed by atoms with van der Waals surface area (Å²) in [6, 6.07) is 4.64. The fraction of sp³-hybridized carbons (Fsp3) is 0.500. The third-order valence-electron chi connectivity index (χ3n) is 6.19. The van der Waals surface area contributed by atoms with Crippen molar-refractivity contribution in [3.05, 3.63) is 54.4 Å². The van der Waals surface area contributed by atoms with Gasteiger partial charge in [0, 0.05) is 25.9 Å². The molecule has 12 heteroatoms. The lowest BCUT2D eigenvalue weighted by molar-refractivity contribution is -0.124. The standard InChI is InChI=1S/C24H32BFN4O6/c1-23(2)24(3,4)36-25(35-23)20(10-13-34-17-8-6-16(26)7-9-17)30-22(32)19(15-33-5)29-21(31)18-14-27-11-12-28-18/h6-9,11-12,14,19-20H,10,13,15H2,1-5H3,(H,29,31)(H,30,32)/t19-,20+/m1/s1. The van der Waals surface area contributed by atoms with Gasteiger partial charge >= 0.3 is 7.12 Å². The fourth-order valence-corrected chi connectivity index (χ4v) is 3.45. The second-order valence-electron chi connectivity index (χ2n) is 9.40. The van der Waals surface area contributed by atoms with Gasteiger partial charge in [-0.15, -0.1) is 0 Å². The smallest absolute Gasteiger partial charge is 0.481 e. The normalized spacial score (nSPS) is 17.8. The van der Waals surface area contributed by atoms with Crippen molar-refractivity contribution in [3.8, 4) is 5.75 Å². The third kappa shape index (κ3) is 6.99. The summed E-state index contributed by atoms with van der Waals surface area (Å²) in [6.07, 6.45) is 4.45. The van der Waals surface area contributed by atoms with Crippen LogP contribution in [0.5, 0.6) is 5.75 Å². The minimum absolute atomic E-state index is 0.0694. The highest BCUT2D eigenvalue weighted by atomic mass is 19.1. The van der Waals surface area contributed by atoms with Crippen molar-refractivity contribution in [1.29, 1.82) is 0 Å². The van der Waals surface area contributed by atoms with Crippen molar-refractivity contribution >= 4 is 18.9 Å². The van der Waals surface area contributed by atoms with Crippen molar-refractivity contribution in [3.63, 3.8) is 0 Å². The minimum atomic E-state index is -1.01. The zero-order chi connectivity index (χ0) is 26.3. The zero-order valence-electron chi connectivity index (χ0n) is 21.1. The Balaban J connectivity index is 1.71. The summed E-state index contributed by atoms with van der Waals surface area (Å²) >= 11 is 0. The zero-order valence-corrected chi connectivity index (χ0v) is 21.1. The van der Waals surface area contributed by atoms with Gasteiger partial charge in [-0.3, -0.25) is 14.6 Å². The van der Waals surface area contributed by atoms with Crippen LogP contribution in [0.4, 0.5) is 4.39 Å². The predicted molar refractivity (Wildman–Crippen MR) is 130 cm³/mol. The van der Waals surface area contributed by atoms with Gasteiger partial charge in [-0.05, 0) is 52.0 Å². The molecule has 10 nitrogen and oxygen atoms in total. The van der Waals surface area contributed by atoms with Crippen molar-refractivity contribution in [2.45, 2.75) is 57.3 Å². The second-order valence-corrected chi connectivity index (χ2v) is 9.40. The van der Waals surface area contributed by atoms with Crippen LogP contribution in [0.3, 0.4) is 0 Å². The lowest BCUT2D eigenvalue weighted by atomic mass is 9.76. The number of carbonyl (C=O) groups excluding carboxylic acids is 2. The third-order valence-corrected chi connectivity index (χ3v) is 6.19. The van der Waals surface area contributed by atoms with Crippen molar-refractivity contribution in [2.75, 3.05) is 20.3 Å². The van der Waals surface area contributed by atoms with Crippen LogP contribution in [-0.2, 0) is 18.8 Å². The Morgan fingerprint density at radius 3 is 2.33 bits per heavy atom. The lowest BCUT2D eigenvalue weighted by Crippen LogP contribution is -2.56. The molecule has 0 bridgehead atoms. The number of carbonyl (C=O) groups is 2. The van der Waals surface area contributed by atoms with Crippen LogP contribution >= 0.6 is 0 Å². The minimum Gasteiger partial charge on any atom is -0.494 e. The molecular weight excluding hydrogens is 470 g/mol. The molecule has 0 spiro atoms. The predicted octanol–water partition coefficient (Wildman–Crippen LogP) is 1.95. The average Bonchev–Trinajstić information content (AvgIpc) is 3.06. The number of rotatable bonds is 11. The topological polar surface area (TPSA) is 121 Å². The maximum Gasteiger partial charge on any atom is 0.481 e. The van der Waals surface area contributed by atoms with Gasteiger partial charge in [-0.25, -0.2) is 9.37 Å². The van der Waals surface area contributed by atoms with E-state index in [-0.39, 0.29) is 24.7 Å². The summed E-state index contributed by atoms with van der Waals surface area (Å²) in [7, 11) is 0.659. The van der Waals surface area contributed by atoms with E-state index in [1.54, 1.807) is 0 Å². The molecule has 1 aromatic carbocycles. The SMILES string of the molecule is COC[C@@H](NC(=O)c1cnccn1)C(=O)N[C@@H](CCOc1ccc(F)cc1)B1OC(C)(C)C(C)(C)O1. The van der Waals surface area contributed by atoms with Gasteiger partial charge in [0.25, 0.3) is 5.91 Å².